The monoisotopic (exact) mass is 245 g/mol. The fourth-order valence-electron chi connectivity index (χ4n) is 1.45. The Kier molecular flexibility index (Phi) is 5.06. The van der Waals surface area contributed by atoms with E-state index in [2.05, 4.69) is 0 Å². The second-order valence-electron chi connectivity index (χ2n) is 3.92. The molecule has 96 valence electrons. The molecule has 0 aliphatic carbocycles. The number of hydrogen-bond donors (Lipinski definition) is 0. The number of amides is 1. The first-order valence-corrected chi connectivity index (χ1v) is 5.74. The highest BCUT2D eigenvalue weighted by atomic mass is 16.2. The second-order valence-corrected chi connectivity index (χ2v) is 3.92. The van der Waals surface area contributed by atoms with Crippen molar-refractivity contribution in [2.24, 2.45) is 0 Å². The van der Waals surface area contributed by atoms with Crippen molar-refractivity contribution in [3.63, 3.8) is 0 Å². The predicted molar refractivity (Wildman–Crippen MR) is 74.2 cm³/mol. The van der Waals surface area contributed by atoms with Crippen LogP contribution in [0.2, 0.25) is 0 Å². The van der Waals surface area contributed by atoms with Gasteiger partial charge in [0.05, 0.1) is 0 Å². The molecule has 18 heavy (non-hydrogen) atoms. The molecule has 0 saturated heterocycles. The molecule has 0 atom stereocenters. The van der Waals surface area contributed by atoms with Gasteiger partial charge in [-0.25, -0.2) is 0 Å². The average Bonchev–Trinajstić information content (AvgIpc) is 2.38. The molecule has 0 radical (unpaired) electrons. The van der Waals surface area contributed by atoms with Crippen LogP contribution >= 0.6 is 0 Å². The van der Waals surface area contributed by atoms with Crippen LogP contribution in [0.3, 0.4) is 0 Å². The van der Waals surface area contributed by atoms with Gasteiger partial charge < -0.3 is 4.90 Å². The number of carbonyl (C=O) groups excluding carboxylic acids is 2. The minimum atomic E-state index is -0.127. The summed E-state index contributed by atoms with van der Waals surface area (Å²) < 4.78 is 0. The van der Waals surface area contributed by atoms with Crippen LogP contribution in [0, 0.1) is 0 Å². The Balaban J connectivity index is 0.00000324. The van der Waals surface area contributed by atoms with E-state index in [0.717, 1.165) is 0 Å². The first kappa shape index (κ1) is 13.9. The highest BCUT2D eigenvalue weighted by molar-refractivity contribution is 6.01. The molecule has 0 bridgehead atoms. The Morgan fingerprint density at radius 2 is 1.83 bits per heavy atom. The zero-order valence-corrected chi connectivity index (χ0v) is 10.9. The van der Waals surface area contributed by atoms with Crippen molar-refractivity contribution in [2.45, 2.75) is 13.8 Å². The molecule has 0 N–H and O–H groups in total. The van der Waals surface area contributed by atoms with Gasteiger partial charge >= 0.3 is 0 Å². The summed E-state index contributed by atoms with van der Waals surface area (Å²) in [5.41, 5.74) is 1.22. The van der Waals surface area contributed by atoms with Gasteiger partial charge in [-0.3, -0.25) is 9.59 Å². The zero-order valence-electron chi connectivity index (χ0n) is 10.9. The Bertz CT molecular complexity index is 492. The summed E-state index contributed by atoms with van der Waals surface area (Å²) in [6.45, 7) is 3.52. The van der Waals surface area contributed by atoms with Gasteiger partial charge in [0.2, 0.25) is 0 Å². The highest BCUT2D eigenvalue weighted by Crippen LogP contribution is 2.08. The molecule has 0 aromatic heterocycles. The lowest BCUT2D eigenvalue weighted by Crippen LogP contribution is -2.25. The van der Waals surface area contributed by atoms with E-state index < -0.39 is 0 Å². The van der Waals surface area contributed by atoms with E-state index in [0.29, 0.717) is 11.3 Å². The van der Waals surface area contributed by atoms with Crippen molar-refractivity contribution >= 4 is 11.7 Å². The van der Waals surface area contributed by atoms with Crippen LogP contribution in [-0.4, -0.2) is 23.6 Å². The van der Waals surface area contributed by atoms with Crippen molar-refractivity contribution in [3.8, 4) is 0 Å². The van der Waals surface area contributed by atoms with Crippen molar-refractivity contribution in [2.75, 3.05) is 7.05 Å². The minimum Gasteiger partial charge on any atom is -0.315 e. The lowest BCUT2D eigenvalue weighted by molar-refractivity contribution is -0.110. The number of benzene rings is 1. The van der Waals surface area contributed by atoms with Gasteiger partial charge in [0, 0.05) is 25.8 Å². The van der Waals surface area contributed by atoms with Crippen LogP contribution in [0.1, 0.15) is 25.6 Å². The summed E-state index contributed by atoms with van der Waals surface area (Å²) in [7, 11) is 1.66. The molecule has 0 spiro atoms. The van der Waals surface area contributed by atoms with Gasteiger partial charge in [0.15, 0.2) is 5.78 Å². The first-order valence-electron chi connectivity index (χ1n) is 5.74. The molecule has 1 amide bonds. The van der Waals surface area contributed by atoms with E-state index in [1.165, 1.54) is 17.1 Å². The number of ketones is 1. The fraction of sp³-hybridized carbons (Fsp3) is 0.200. The predicted octanol–water partition coefficient (Wildman–Crippen LogP) is 3.05. The molecule has 0 aliphatic rings. The maximum atomic E-state index is 12.1. The van der Waals surface area contributed by atoms with Crippen molar-refractivity contribution in [3.05, 3.63) is 59.8 Å². The van der Waals surface area contributed by atoms with Gasteiger partial charge in [-0.05, 0) is 32.1 Å². The average molecular weight is 245 g/mol. The van der Waals surface area contributed by atoms with Gasteiger partial charge in [-0.15, -0.1) is 0 Å². The molecule has 0 aliphatic heterocycles. The number of nitrogens with zero attached hydrogens (tertiary/aromatic N) is 1. The van der Waals surface area contributed by atoms with E-state index in [9.17, 15) is 9.59 Å². The topological polar surface area (TPSA) is 37.4 Å². The molecule has 3 nitrogen and oxygen atoms in total. The standard InChI is InChI=1S/C15H17NO2.H2/c1-4-8-14(17)11-12(2)16(3)15(18)13-9-6-5-7-10-13;/h4-11H,1-3H3;1H/b8-4+,12-11-;. The van der Waals surface area contributed by atoms with Crippen molar-refractivity contribution in [1.82, 2.24) is 4.90 Å². The lowest BCUT2D eigenvalue weighted by Gasteiger charge is -2.17. The Morgan fingerprint density at radius 3 is 2.39 bits per heavy atom. The van der Waals surface area contributed by atoms with Crippen LogP contribution < -0.4 is 0 Å². The molecule has 0 fully saturated rings. The third-order valence-electron chi connectivity index (χ3n) is 2.54. The van der Waals surface area contributed by atoms with Crippen LogP contribution in [0.25, 0.3) is 0 Å². The maximum Gasteiger partial charge on any atom is 0.257 e. The molecule has 0 heterocycles. The van der Waals surface area contributed by atoms with Crippen LogP contribution in [0.15, 0.2) is 54.3 Å². The molecule has 1 aromatic rings. The van der Waals surface area contributed by atoms with Gasteiger partial charge in [-0.2, -0.15) is 0 Å². The molecular formula is C15H19NO2. The lowest BCUT2D eigenvalue weighted by atomic mass is 10.2. The summed E-state index contributed by atoms with van der Waals surface area (Å²) in [6.07, 6.45) is 4.58. The van der Waals surface area contributed by atoms with Crippen molar-refractivity contribution < 1.29 is 11.0 Å². The number of hydrogen-bond acceptors (Lipinski definition) is 2. The molecule has 0 saturated carbocycles. The smallest absolute Gasteiger partial charge is 0.257 e. The van der Waals surface area contributed by atoms with Crippen molar-refractivity contribution in [1.29, 1.82) is 0 Å². The zero-order chi connectivity index (χ0) is 13.5. The molecule has 1 rings (SSSR count). The van der Waals surface area contributed by atoms with Gasteiger partial charge in [-0.1, -0.05) is 24.3 Å². The number of carbonyl (C=O) groups is 2. The summed E-state index contributed by atoms with van der Waals surface area (Å²) in [6, 6.07) is 8.98. The third kappa shape index (κ3) is 3.70. The van der Waals surface area contributed by atoms with E-state index in [1.54, 1.807) is 39.1 Å². The van der Waals surface area contributed by atoms with E-state index in [4.69, 9.17) is 0 Å². The Morgan fingerprint density at radius 1 is 1.22 bits per heavy atom. The Labute approximate surface area is 109 Å². The maximum absolute atomic E-state index is 12.1. The van der Waals surface area contributed by atoms with Gasteiger partial charge in [0.25, 0.3) is 5.91 Å². The minimum absolute atomic E-state index is 0. The SMILES string of the molecule is C/C=C/C(=O)/C=C(/C)N(C)C(=O)c1ccccc1.[HH]. The summed E-state index contributed by atoms with van der Waals surface area (Å²) in [5.74, 6) is -0.250. The second kappa shape index (κ2) is 6.55. The van der Waals surface area contributed by atoms with E-state index >= 15 is 0 Å². The quantitative estimate of drug-likeness (QED) is 0.764. The first-order chi connectivity index (χ1) is 8.56. The molecule has 3 heteroatoms. The van der Waals surface area contributed by atoms with Gasteiger partial charge in [0.1, 0.15) is 0 Å². The van der Waals surface area contributed by atoms with E-state index in [-0.39, 0.29) is 13.1 Å². The van der Waals surface area contributed by atoms with Crippen LogP contribution in [0.4, 0.5) is 0 Å². The number of allylic oxidation sites excluding steroid dienone is 4. The molecule has 1 aromatic carbocycles. The molecular weight excluding hydrogens is 226 g/mol. The summed E-state index contributed by atoms with van der Waals surface area (Å²) >= 11 is 0. The summed E-state index contributed by atoms with van der Waals surface area (Å²) in [5, 5.41) is 0. The normalized spacial score (nSPS) is 11.6. The highest BCUT2D eigenvalue weighted by Gasteiger charge is 2.12. The summed E-state index contributed by atoms with van der Waals surface area (Å²) in [4.78, 5) is 25.0. The Hall–Kier alpha value is -2.16. The van der Waals surface area contributed by atoms with Crippen LogP contribution in [-0.2, 0) is 4.79 Å². The fourth-order valence-corrected chi connectivity index (χ4v) is 1.45. The third-order valence-corrected chi connectivity index (χ3v) is 2.54. The largest absolute Gasteiger partial charge is 0.315 e. The van der Waals surface area contributed by atoms with E-state index in [1.807, 2.05) is 18.2 Å². The molecule has 0 unspecified atom stereocenters. The number of rotatable bonds is 4. The van der Waals surface area contributed by atoms with Crippen LogP contribution in [0.5, 0.6) is 0 Å².